The number of halogens is 1. The number of fused-ring (bicyclic) bond motifs is 1. The smallest absolute Gasteiger partial charge is 0.338 e. The molecule has 0 spiro atoms. The molecule has 0 amide bonds. The van der Waals surface area contributed by atoms with Gasteiger partial charge in [0, 0.05) is 27.0 Å². The summed E-state index contributed by atoms with van der Waals surface area (Å²) < 4.78 is 14.1. The fraction of sp³-hybridized carbons (Fsp3) is 0.179. The average Bonchev–Trinajstić information content (AvgIpc) is 3.56. The first-order valence-electron chi connectivity index (χ1n) is 12.2. The maximum absolute atomic E-state index is 13.8. The maximum atomic E-state index is 13.8. The summed E-state index contributed by atoms with van der Waals surface area (Å²) >= 11 is 6.18. The summed E-state index contributed by atoms with van der Waals surface area (Å²) in [4.78, 5) is 43.2. The highest BCUT2D eigenvalue weighted by molar-refractivity contribution is 9.10. The lowest BCUT2D eigenvalue weighted by Crippen LogP contribution is -2.39. The number of nitro benzene ring substituents is 1. The molecular weight excluding hydrogens is 618 g/mol. The zero-order valence-corrected chi connectivity index (χ0v) is 24.5. The Labute approximate surface area is 244 Å². The third kappa shape index (κ3) is 5.55. The molecule has 9 nitrogen and oxygen atoms in total. The molecule has 204 valence electrons. The highest BCUT2D eigenvalue weighted by Crippen LogP contribution is 2.33. The number of aromatic nitrogens is 1. The molecule has 0 fully saturated rings. The van der Waals surface area contributed by atoms with E-state index < -0.39 is 16.9 Å². The zero-order valence-electron chi connectivity index (χ0n) is 21.3. The van der Waals surface area contributed by atoms with Crippen LogP contribution in [0.4, 0.5) is 5.69 Å². The quantitative estimate of drug-likeness (QED) is 0.150. The van der Waals surface area contributed by atoms with E-state index in [2.05, 4.69) is 20.9 Å². The zero-order chi connectivity index (χ0) is 28.4. The van der Waals surface area contributed by atoms with Crippen LogP contribution < -0.4 is 19.6 Å². The highest BCUT2D eigenvalue weighted by atomic mass is 79.9. The van der Waals surface area contributed by atoms with Crippen molar-refractivity contribution in [2.24, 2.45) is 4.99 Å². The van der Waals surface area contributed by atoms with Gasteiger partial charge in [0.25, 0.3) is 11.2 Å². The minimum Gasteiger partial charge on any atom is -0.488 e. The van der Waals surface area contributed by atoms with Crippen molar-refractivity contribution >= 4 is 56.3 Å². The summed E-state index contributed by atoms with van der Waals surface area (Å²) in [6.07, 6.45) is 1.74. The molecule has 0 bridgehead atoms. The average molecular weight is 641 g/mol. The van der Waals surface area contributed by atoms with E-state index >= 15 is 0 Å². The van der Waals surface area contributed by atoms with Gasteiger partial charge >= 0.3 is 5.97 Å². The molecule has 40 heavy (non-hydrogen) atoms. The van der Waals surface area contributed by atoms with Gasteiger partial charge in [-0.05, 0) is 67.3 Å². The molecule has 4 aromatic rings. The minimum absolute atomic E-state index is 0.00524. The molecule has 0 radical (unpaired) electrons. The van der Waals surface area contributed by atoms with Gasteiger partial charge in [0.1, 0.15) is 18.4 Å². The topological polar surface area (TPSA) is 113 Å². The molecule has 0 saturated carbocycles. The van der Waals surface area contributed by atoms with Gasteiger partial charge in [-0.1, -0.05) is 33.3 Å². The number of hydrogen-bond acceptors (Lipinski definition) is 9. The molecule has 1 atom stereocenters. The number of rotatable bonds is 8. The van der Waals surface area contributed by atoms with Crippen molar-refractivity contribution in [1.29, 1.82) is 0 Å². The molecule has 1 aliphatic rings. The molecule has 0 saturated heterocycles. The maximum Gasteiger partial charge on any atom is 0.338 e. The van der Waals surface area contributed by atoms with Crippen molar-refractivity contribution in [2.75, 3.05) is 6.61 Å². The van der Waals surface area contributed by atoms with Crippen LogP contribution in [0.25, 0.3) is 6.08 Å². The Morgan fingerprint density at radius 2 is 2.00 bits per heavy atom. The van der Waals surface area contributed by atoms with Gasteiger partial charge in [0.05, 0.1) is 27.3 Å². The lowest BCUT2D eigenvalue weighted by molar-refractivity contribution is -0.384. The van der Waals surface area contributed by atoms with E-state index in [1.54, 1.807) is 42.7 Å². The van der Waals surface area contributed by atoms with Crippen LogP contribution in [0.2, 0.25) is 0 Å². The van der Waals surface area contributed by atoms with E-state index in [1.165, 1.54) is 34.8 Å². The van der Waals surface area contributed by atoms with Crippen molar-refractivity contribution < 1.29 is 19.2 Å². The van der Waals surface area contributed by atoms with Crippen LogP contribution >= 0.6 is 38.6 Å². The molecule has 0 N–H and O–H groups in total. The summed E-state index contributed by atoms with van der Waals surface area (Å²) in [5.74, 6) is 0.0379. The molecule has 0 aliphatic carbocycles. The summed E-state index contributed by atoms with van der Waals surface area (Å²) in [5, 5.41) is 12.8. The van der Waals surface area contributed by atoms with Crippen molar-refractivity contribution in [3.05, 3.63) is 122 Å². The number of benzene rings is 2. The molecule has 5 rings (SSSR count). The Bertz CT molecular complexity index is 1810. The van der Waals surface area contributed by atoms with Gasteiger partial charge in [-0.3, -0.25) is 19.5 Å². The lowest BCUT2D eigenvalue weighted by atomic mass is 10.0. The van der Waals surface area contributed by atoms with Gasteiger partial charge < -0.3 is 9.47 Å². The second-order valence-electron chi connectivity index (χ2n) is 8.71. The predicted molar refractivity (Wildman–Crippen MR) is 156 cm³/mol. The minimum atomic E-state index is -0.641. The monoisotopic (exact) mass is 639 g/mol. The van der Waals surface area contributed by atoms with Crippen molar-refractivity contribution in [2.45, 2.75) is 26.5 Å². The second-order valence-corrected chi connectivity index (χ2v) is 11.6. The van der Waals surface area contributed by atoms with Crippen LogP contribution in [-0.2, 0) is 16.1 Å². The number of thiazole rings is 1. The van der Waals surface area contributed by atoms with Crippen molar-refractivity contribution in [3.63, 3.8) is 0 Å². The van der Waals surface area contributed by atoms with Crippen LogP contribution in [0.5, 0.6) is 5.75 Å². The van der Waals surface area contributed by atoms with E-state index in [9.17, 15) is 19.7 Å². The third-order valence-electron chi connectivity index (χ3n) is 6.13. The van der Waals surface area contributed by atoms with Gasteiger partial charge in [-0.25, -0.2) is 9.79 Å². The number of nitro groups is 1. The number of hydrogen-bond donors (Lipinski definition) is 0. The Hall–Kier alpha value is -3.87. The largest absolute Gasteiger partial charge is 0.488 e. The SMILES string of the molecule is CCOC(=O)C1=C(C)N=c2s/c(=C\c3cc(Br)ccc3OCc3ccc([N+](=O)[O-])cc3)c(=O)n2[C@@H]1c1cccs1. The second kappa shape index (κ2) is 11.7. The van der Waals surface area contributed by atoms with Crippen molar-refractivity contribution in [1.82, 2.24) is 4.57 Å². The van der Waals surface area contributed by atoms with Crippen LogP contribution in [0.15, 0.2) is 85.5 Å². The van der Waals surface area contributed by atoms with E-state index in [0.717, 1.165) is 14.9 Å². The van der Waals surface area contributed by atoms with Gasteiger partial charge in [-0.15, -0.1) is 11.3 Å². The number of thiophene rings is 1. The number of carbonyl (C=O) groups excluding carboxylic acids is 1. The summed E-state index contributed by atoms with van der Waals surface area (Å²) in [6.45, 7) is 3.88. The highest BCUT2D eigenvalue weighted by Gasteiger charge is 2.33. The number of esters is 1. The molecule has 12 heteroatoms. The van der Waals surface area contributed by atoms with Gasteiger partial charge in [-0.2, -0.15) is 0 Å². The van der Waals surface area contributed by atoms with Crippen LogP contribution in [-0.4, -0.2) is 22.1 Å². The predicted octanol–water partition coefficient (Wildman–Crippen LogP) is 5.11. The van der Waals surface area contributed by atoms with Crippen LogP contribution in [0.1, 0.15) is 35.9 Å². The first kappa shape index (κ1) is 27.7. The fourth-order valence-electron chi connectivity index (χ4n) is 4.29. The Morgan fingerprint density at radius 3 is 2.67 bits per heavy atom. The normalized spacial score (nSPS) is 15.0. The lowest BCUT2D eigenvalue weighted by Gasteiger charge is -2.23. The molecule has 3 heterocycles. The van der Waals surface area contributed by atoms with E-state index in [4.69, 9.17) is 9.47 Å². The van der Waals surface area contributed by atoms with E-state index in [1.807, 2.05) is 29.6 Å². The first-order chi connectivity index (χ1) is 19.3. The standard InChI is InChI=1S/C28H22BrN3O6S2/c1-3-37-27(34)24-16(2)30-28-31(25(24)22-5-4-12-39-22)26(33)23(40-28)14-18-13-19(29)8-11-21(18)38-15-17-6-9-20(10-7-17)32(35)36/h4-14,25H,3,15H2,1-2H3/b23-14-/t25-/m1/s1. The molecule has 1 aliphatic heterocycles. The van der Waals surface area contributed by atoms with Crippen LogP contribution in [0.3, 0.4) is 0 Å². The molecular formula is C28H22BrN3O6S2. The Morgan fingerprint density at radius 1 is 1.23 bits per heavy atom. The fourth-order valence-corrected chi connectivity index (χ4v) is 6.53. The summed E-state index contributed by atoms with van der Waals surface area (Å²) in [6, 6.07) is 14.7. The number of carbonyl (C=O) groups is 1. The number of nitrogens with zero attached hydrogens (tertiary/aromatic N) is 3. The summed E-state index contributed by atoms with van der Waals surface area (Å²) in [5.41, 5.74) is 2.01. The van der Waals surface area contributed by atoms with Gasteiger partial charge in [0.2, 0.25) is 0 Å². The number of allylic oxidation sites excluding steroid dienone is 1. The Balaban J connectivity index is 1.55. The van der Waals surface area contributed by atoms with Crippen LogP contribution in [0, 0.1) is 10.1 Å². The third-order valence-corrected chi connectivity index (χ3v) is 8.53. The first-order valence-corrected chi connectivity index (χ1v) is 14.6. The van der Waals surface area contributed by atoms with Crippen molar-refractivity contribution in [3.8, 4) is 5.75 Å². The molecule has 2 aromatic heterocycles. The number of ether oxygens (including phenoxy) is 2. The van der Waals surface area contributed by atoms with E-state index in [-0.39, 0.29) is 24.5 Å². The Kier molecular flexibility index (Phi) is 8.10. The molecule has 2 aromatic carbocycles. The molecule has 0 unspecified atom stereocenters. The number of non-ortho nitro benzene ring substituents is 1. The van der Waals surface area contributed by atoms with Gasteiger partial charge in [0.15, 0.2) is 4.80 Å². The van der Waals surface area contributed by atoms with E-state index in [0.29, 0.717) is 31.9 Å². The summed E-state index contributed by atoms with van der Waals surface area (Å²) in [7, 11) is 0.